The van der Waals surface area contributed by atoms with E-state index in [-0.39, 0.29) is 11.7 Å². The average molecular weight is 240 g/mol. The average Bonchev–Trinajstić information content (AvgIpc) is 2.34. The highest BCUT2D eigenvalue weighted by Gasteiger charge is 2.20. The smallest absolute Gasteiger partial charge is 0.380 e. The van der Waals surface area contributed by atoms with Gasteiger partial charge in [0.15, 0.2) is 0 Å². The Morgan fingerprint density at radius 2 is 1.65 bits per heavy atom. The molecular formula is C12H16O5. The van der Waals surface area contributed by atoms with Crippen LogP contribution in [0.4, 0.5) is 0 Å². The molecule has 0 amide bonds. The second-order valence-electron chi connectivity index (χ2n) is 3.55. The molecule has 0 atom stereocenters. The van der Waals surface area contributed by atoms with Crippen LogP contribution in [-0.2, 0) is 9.78 Å². The molecule has 0 N–H and O–H groups in total. The van der Waals surface area contributed by atoms with Crippen LogP contribution in [0.5, 0.6) is 11.5 Å². The first-order valence-electron chi connectivity index (χ1n) is 5.18. The van der Waals surface area contributed by atoms with Crippen LogP contribution < -0.4 is 9.47 Å². The molecule has 1 aromatic rings. The van der Waals surface area contributed by atoms with Gasteiger partial charge >= 0.3 is 5.97 Å². The first-order valence-corrected chi connectivity index (χ1v) is 5.18. The summed E-state index contributed by atoms with van der Waals surface area (Å²) in [5.74, 6) is 0.108. The monoisotopic (exact) mass is 240 g/mol. The van der Waals surface area contributed by atoms with Crippen molar-refractivity contribution >= 4 is 5.97 Å². The van der Waals surface area contributed by atoms with Crippen molar-refractivity contribution in [2.75, 3.05) is 14.2 Å². The van der Waals surface area contributed by atoms with Crippen molar-refractivity contribution in [2.45, 2.75) is 20.0 Å². The summed E-state index contributed by atoms with van der Waals surface area (Å²) in [5.41, 5.74) is 0.207. The number of carbonyl (C=O) groups excluding carboxylic acids is 1. The predicted octanol–water partition coefficient (Wildman–Crippen LogP) is 2.20. The zero-order chi connectivity index (χ0) is 12.8. The van der Waals surface area contributed by atoms with Crippen molar-refractivity contribution in [1.29, 1.82) is 0 Å². The summed E-state index contributed by atoms with van der Waals surface area (Å²) in [6, 6.07) is 5.01. The molecule has 5 heteroatoms. The van der Waals surface area contributed by atoms with Crippen LogP contribution in [-0.4, -0.2) is 26.3 Å². The van der Waals surface area contributed by atoms with Gasteiger partial charge in [-0.3, -0.25) is 4.89 Å². The van der Waals surface area contributed by atoms with E-state index in [1.807, 2.05) is 0 Å². The third-order valence-corrected chi connectivity index (χ3v) is 1.95. The Bertz CT molecular complexity index is 364. The zero-order valence-corrected chi connectivity index (χ0v) is 10.4. The fourth-order valence-corrected chi connectivity index (χ4v) is 1.23. The maximum atomic E-state index is 11.8. The van der Waals surface area contributed by atoms with Crippen molar-refractivity contribution < 1.29 is 24.0 Å². The highest BCUT2D eigenvalue weighted by atomic mass is 17.2. The van der Waals surface area contributed by atoms with Crippen LogP contribution in [0, 0.1) is 0 Å². The Hall–Kier alpha value is -1.75. The van der Waals surface area contributed by atoms with Gasteiger partial charge in [0.25, 0.3) is 0 Å². The molecule has 0 aliphatic rings. The van der Waals surface area contributed by atoms with Gasteiger partial charge in [-0.1, -0.05) is 6.07 Å². The van der Waals surface area contributed by atoms with Gasteiger partial charge < -0.3 is 9.47 Å². The number of benzene rings is 1. The van der Waals surface area contributed by atoms with E-state index < -0.39 is 5.97 Å². The Labute approximate surface area is 100 Å². The molecule has 0 saturated heterocycles. The summed E-state index contributed by atoms with van der Waals surface area (Å²) in [5, 5.41) is 0. The first kappa shape index (κ1) is 13.3. The Kier molecular flexibility index (Phi) is 4.78. The molecule has 1 rings (SSSR count). The molecule has 0 unspecified atom stereocenters. The van der Waals surface area contributed by atoms with Crippen molar-refractivity contribution in [3.63, 3.8) is 0 Å². The van der Waals surface area contributed by atoms with E-state index in [4.69, 9.17) is 14.4 Å². The standard InChI is InChI=1S/C12H16O5/c1-8(2)16-17-12(13)11-9(14-3)6-5-7-10(11)15-4/h5-8H,1-4H3. The van der Waals surface area contributed by atoms with E-state index in [1.165, 1.54) is 14.2 Å². The van der Waals surface area contributed by atoms with Crippen LogP contribution in [0.2, 0.25) is 0 Å². The quantitative estimate of drug-likeness (QED) is 0.583. The van der Waals surface area contributed by atoms with Crippen molar-refractivity contribution in [3.8, 4) is 11.5 Å². The van der Waals surface area contributed by atoms with E-state index in [1.54, 1.807) is 32.0 Å². The first-order chi connectivity index (χ1) is 8.10. The van der Waals surface area contributed by atoms with Gasteiger partial charge in [-0.05, 0) is 26.0 Å². The molecule has 0 saturated carbocycles. The largest absolute Gasteiger partial charge is 0.496 e. The van der Waals surface area contributed by atoms with Gasteiger partial charge in [0.2, 0.25) is 0 Å². The van der Waals surface area contributed by atoms with E-state index in [0.717, 1.165) is 0 Å². The number of hydrogen-bond donors (Lipinski definition) is 0. The van der Waals surface area contributed by atoms with E-state index in [0.29, 0.717) is 11.5 Å². The topological polar surface area (TPSA) is 54.0 Å². The van der Waals surface area contributed by atoms with Crippen molar-refractivity contribution in [1.82, 2.24) is 0 Å². The highest BCUT2D eigenvalue weighted by molar-refractivity contribution is 5.95. The molecular weight excluding hydrogens is 224 g/mol. The summed E-state index contributed by atoms with van der Waals surface area (Å²) in [7, 11) is 2.93. The van der Waals surface area contributed by atoms with E-state index in [2.05, 4.69) is 4.89 Å². The molecule has 0 radical (unpaired) electrons. The van der Waals surface area contributed by atoms with Gasteiger partial charge in [0.1, 0.15) is 17.1 Å². The second kappa shape index (κ2) is 6.10. The lowest BCUT2D eigenvalue weighted by Gasteiger charge is -2.12. The summed E-state index contributed by atoms with van der Waals surface area (Å²) in [6.07, 6.45) is -0.209. The van der Waals surface area contributed by atoms with E-state index >= 15 is 0 Å². The third-order valence-electron chi connectivity index (χ3n) is 1.95. The fourth-order valence-electron chi connectivity index (χ4n) is 1.23. The lowest BCUT2D eigenvalue weighted by Crippen LogP contribution is -2.12. The summed E-state index contributed by atoms with van der Waals surface area (Å²) < 4.78 is 10.2. The molecule has 0 aliphatic heterocycles. The normalized spacial score (nSPS) is 10.2. The molecule has 0 aromatic heterocycles. The van der Waals surface area contributed by atoms with Gasteiger partial charge in [0, 0.05) is 0 Å². The zero-order valence-electron chi connectivity index (χ0n) is 10.4. The molecule has 0 heterocycles. The molecule has 17 heavy (non-hydrogen) atoms. The molecule has 0 bridgehead atoms. The van der Waals surface area contributed by atoms with Crippen LogP contribution in [0.3, 0.4) is 0 Å². The van der Waals surface area contributed by atoms with Gasteiger partial charge in [-0.2, -0.15) is 4.89 Å². The maximum absolute atomic E-state index is 11.8. The number of methoxy groups -OCH3 is 2. The third kappa shape index (κ3) is 3.35. The van der Waals surface area contributed by atoms with Crippen molar-refractivity contribution in [3.05, 3.63) is 23.8 Å². The number of ether oxygens (including phenoxy) is 2. The van der Waals surface area contributed by atoms with Gasteiger partial charge in [-0.25, -0.2) is 4.79 Å². The van der Waals surface area contributed by atoms with Crippen LogP contribution >= 0.6 is 0 Å². The number of hydrogen-bond acceptors (Lipinski definition) is 5. The van der Waals surface area contributed by atoms with E-state index in [9.17, 15) is 4.79 Å². The van der Waals surface area contributed by atoms with Crippen LogP contribution in [0.15, 0.2) is 18.2 Å². The van der Waals surface area contributed by atoms with Gasteiger partial charge in [0.05, 0.1) is 20.3 Å². The number of carbonyl (C=O) groups is 1. The summed E-state index contributed by atoms with van der Waals surface area (Å²) in [4.78, 5) is 21.3. The summed E-state index contributed by atoms with van der Waals surface area (Å²) >= 11 is 0. The Balaban J connectivity index is 2.97. The minimum atomic E-state index is -0.645. The predicted molar refractivity (Wildman–Crippen MR) is 61.2 cm³/mol. The molecule has 0 fully saturated rings. The van der Waals surface area contributed by atoms with Crippen LogP contribution in [0.1, 0.15) is 24.2 Å². The summed E-state index contributed by atoms with van der Waals surface area (Å²) in [6.45, 7) is 3.51. The molecule has 1 aromatic carbocycles. The Morgan fingerprint density at radius 3 is 2.06 bits per heavy atom. The maximum Gasteiger partial charge on any atom is 0.380 e. The minimum absolute atomic E-state index is 0.207. The highest BCUT2D eigenvalue weighted by Crippen LogP contribution is 2.28. The lowest BCUT2D eigenvalue weighted by atomic mass is 10.2. The van der Waals surface area contributed by atoms with Crippen molar-refractivity contribution in [2.24, 2.45) is 0 Å². The second-order valence-corrected chi connectivity index (χ2v) is 3.55. The molecule has 0 aliphatic carbocycles. The fraction of sp³-hybridized carbons (Fsp3) is 0.417. The number of rotatable bonds is 5. The molecule has 94 valence electrons. The van der Waals surface area contributed by atoms with Crippen LogP contribution in [0.25, 0.3) is 0 Å². The van der Waals surface area contributed by atoms with Gasteiger partial charge in [-0.15, -0.1) is 0 Å². The molecule has 5 nitrogen and oxygen atoms in total. The lowest BCUT2D eigenvalue weighted by molar-refractivity contribution is -0.265. The SMILES string of the molecule is COc1cccc(OC)c1C(=O)OOC(C)C. The minimum Gasteiger partial charge on any atom is -0.496 e. The Morgan fingerprint density at radius 1 is 1.12 bits per heavy atom. The molecule has 0 spiro atoms.